The van der Waals surface area contributed by atoms with Gasteiger partial charge >= 0.3 is 5.91 Å². The summed E-state index contributed by atoms with van der Waals surface area (Å²) in [6.45, 7) is 0. The second kappa shape index (κ2) is 2.45. The van der Waals surface area contributed by atoms with E-state index in [1.807, 2.05) is 0 Å². The maximum absolute atomic E-state index is 10.5. The van der Waals surface area contributed by atoms with Gasteiger partial charge in [-0.1, -0.05) is 0 Å². The van der Waals surface area contributed by atoms with Gasteiger partial charge in [-0.2, -0.15) is 0 Å². The van der Waals surface area contributed by atoms with Crippen molar-refractivity contribution in [2.24, 2.45) is 4.36 Å². The summed E-state index contributed by atoms with van der Waals surface area (Å²) in [6.07, 6.45) is 2.77. The number of amides is 1. The molecule has 0 fully saturated rings. The molecule has 4 nitrogen and oxygen atoms in total. The fraction of sp³-hybridized carbons (Fsp3) is 0. The van der Waals surface area contributed by atoms with Crippen LogP contribution in [-0.4, -0.2) is 15.9 Å². The normalized spacial score (nSPS) is 8.89. The molecular weight excluding hydrogens is 138 g/mol. The molecule has 0 aliphatic rings. The summed E-state index contributed by atoms with van der Waals surface area (Å²) >= 11 is 4.15. The molecule has 0 saturated heterocycles. The topological polar surface area (TPSA) is 58.1 Å². The molecule has 9 heavy (non-hydrogen) atoms. The average Bonchev–Trinajstić information content (AvgIpc) is 2.37. The van der Waals surface area contributed by atoms with Crippen LogP contribution in [-0.2, 0) is 12.4 Å². The second-order valence-corrected chi connectivity index (χ2v) is 1.54. The minimum absolute atomic E-state index is 0.324. The van der Waals surface area contributed by atoms with Gasteiger partial charge in [0.05, 0.1) is 12.5 Å². The van der Waals surface area contributed by atoms with E-state index in [4.69, 9.17) is 0 Å². The quantitative estimate of drug-likeness (QED) is 0.611. The minimum Gasteiger partial charge on any atom is -0.341 e. The van der Waals surface area contributed by atoms with Crippen molar-refractivity contribution in [2.75, 3.05) is 0 Å². The summed E-state index contributed by atoms with van der Waals surface area (Å²) in [4.78, 5) is 16.7. The molecule has 1 aromatic rings. The van der Waals surface area contributed by atoms with Gasteiger partial charge in [0.15, 0.2) is 0 Å². The summed E-state index contributed by atoms with van der Waals surface area (Å²) in [5, 5.41) is 0. The highest BCUT2D eigenvalue weighted by Crippen LogP contribution is 1.91. The number of hydrogen-bond acceptors (Lipinski definition) is 3. The lowest BCUT2D eigenvalue weighted by Gasteiger charge is -1.80. The molecule has 0 aliphatic carbocycles. The molecule has 1 aromatic heterocycles. The molecule has 46 valence electrons. The maximum atomic E-state index is 10.5. The fourth-order valence-corrected chi connectivity index (χ4v) is 0.520. The monoisotopic (exact) mass is 141 g/mol. The highest BCUT2D eigenvalue weighted by Gasteiger charge is 2.01. The number of nitrogens with zero attached hydrogens (tertiary/aromatic N) is 2. The third kappa shape index (κ3) is 1.17. The first-order valence-electron chi connectivity index (χ1n) is 2.20. The Kier molecular flexibility index (Phi) is 1.64. The number of rotatable bonds is 1. The highest BCUT2D eigenvalue weighted by atomic mass is 32.1. The van der Waals surface area contributed by atoms with Crippen molar-refractivity contribution in [3.8, 4) is 0 Å². The molecule has 0 aliphatic heterocycles. The molecule has 0 atom stereocenters. The number of nitrogens with one attached hydrogen (secondary N) is 1. The van der Waals surface area contributed by atoms with Crippen LogP contribution in [0.15, 0.2) is 16.9 Å². The summed E-state index contributed by atoms with van der Waals surface area (Å²) in [7, 11) is 0. The second-order valence-electron chi connectivity index (χ2n) is 1.36. The lowest BCUT2D eigenvalue weighted by atomic mass is 10.5. The van der Waals surface area contributed by atoms with Crippen LogP contribution in [0.5, 0.6) is 0 Å². The third-order valence-electron chi connectivity index (χ3n) is 0.812. The number of hydrogen-bond donors (Lipinski definition) is 1. The van der Waals surface area contributed by atoms with Crippen molar-refractivity contribution in [1.29, 1.82) is 0 Å². The number of aromatic amines is 1. The van der Waals surface area contributed by atoms with E-state index in [-0.39, 0.29) is 0 Å². The van der Waals surface area contributed by atoms with E-state index in [0.29, 0.717) is 5.69 Å². The SMILES string of the molecule is O=C(N=S)c1cnc[nH]1. The first kappa shape index (κ1) is 6.03. The third-order valence-corrected chi connectivity index (χ3v) is 0.977. The molecule has 1 rings (SSSR count). The summed E-state index contributed by atoms with van der Waals surface area (Å²) in [5.74, 6) is -0.456. The predicted octanol–water partition coefficient (Wildman–Crippen LogP) is 0.280. The lowest BCUT2D eigenvalue weighted by molar-refractivity contribution is 0.100. The van der Waals surface area contributed by atoms with Gasteiger partial charge < -0.3 is 4.98 Å². The Bertz CT molecular complexity index is 218. The first-order valence-corrected chi connectivity index (χ1v) is 2.57. The molecule has 0 aromatic carbocycles. The van der Waals surface area contributed by atoms with E-state index in [1.165, 1.54) is 12.5 Å². The van der Waals surface area contributed by atoms with Crippen LogP contribution in [0, 0.1) is 0 Å². The molecular formula is C4H3N3OS. The highest BCUT2D eigenvalue weighted by molar-refractivity contribution is 7.47. The Morgan fingerprint density at radius 1 is 1.89 bits per heavy atom. The number of carbonyl (C=O) groups is 1. The van der Waals surface area contributed by atoms with Gasteiger partial charge in [0.2, 0.25) is 0 Å². The van der Waals surface area contributed by atoms with Crippen molar-refractivity contribution in [2.45, 2.75) is 0 Å². The molecule has 1 N–H and O–H groups in total. The van der Waals surface area contributed by atoms with Gasteiger partial charge in [0.25, 0.3) is 0 Å². The molecule has 0 unspecified atom stereocenters. The van der Waals surface area contributed by atoms with Crippen LogP contribution in [0.25, 0.3) is 0 Å². The Labute approximate surface area is 56.5 Å². The van der Waals surface area contributed by atoms with Gasteiger partial charge in [-0.3, -0.25) is 4.79 Å². The molecule has 0 radical (unpaired) electrons. The van der Waals surface area contributed by atoms with Gasteiger partial charge in [0.1, 0.15) is 5.69 Å². The summed E-state index contributed by atoms with van der Waals surface area (Å²) < 4.78 is 3.00. The van der Waals surface area contributed by atoms with Crippen LogP contribution in [0.2, 0.25) is 0 Å². The zero-order valence-electron chi connectivity index (χ0n) is 4.37. The van der Waals surface area contributed by atoms with Crippen LogP contribution >= 0.6 is 0 Å². The van der Waals surface area contributed by atoms with Crippen molar-refractivity contribution in [1.82, 2.24) is 9.97 Å². The first-order chi connectivity index (χ1) is 4.34. The summed E-state index contributed by atoms with van der Waals surface area (Å²) in [6, 6.07) is 0. The van der Waals surface area contributed by atoms with Gasteiger partial charge in [-0.15, -0.1) is 4.36 Å². The Morgan fingerprint density at radius 2 is 2.67 bits per heavy atom. The Morgan fingerprint density at radius 3 is 3.11 bits per heavy atom. The van der Waals surface area contributed by atoms with Gasteiger partial charge in [0, 0.05) is 12.4 Å². The molecule has 0 saturated carbocycles. The zero-order chi connectivity index (χ0) is 6.69. The molecule has 1 amide bonds. The molecule has 5 heteroatoms. The largest absolute Gasteiger partial charge is 0.341 e. The van der Waals surface area contributed by atoms with E-state index >= 15 is 0 Å². The zero-order valence-corrected chi connectivity index (χ0v) is 5.18. The number of imidazole rings is 1. The number of aromatic nitrogens is 2. The smallest absolute Gasteiger partial charge is 0.306 e. The Hall–Kier alpha value is -1.10. The van der Waals surface area contributed by atoms with Crippen LogP contribution in [0.3, 0.4) is 0 Å². The van der Waals surface area contributed by atoms with Crippen molar-refractivity contribution < 1.29 is 4.79 Å². The van der Waals surface area contributed by atoms with Crippen LogP contribution < -0.4 is 0 Å². The van der Waals surface area contributed by atoms with E-state index in [2.05, 4.69) is 26.8 Å². The Balaban J connectivity index is 2.89. The lowest BCUT2D eigenvalue weighted by Crippen LogP contribution is -1.91. The minimum atomic E-state index is -0.456. The average molecular weight is 141 g/mol. The standard InChI is InChI=1S/C4H3N3OS/c8-4(7-9)3-1-5-2-6-3/h1-2H,(H,5,6). The van der Waals surface area contributed by atoms with E-state index in [1.54, 1.807) is 0 Å². The van der Waals surface area contributed by atoms with Crippen LogP contribution in [0.1, 0.15) is 10.5 Å². The van der Waals surface area contributed by atoms with E-state index in [0.717, 1.165) is 0 Å². The van der Waals surface area contributed by atoms with Crippen molar-refractivity contribution >= 4 is 18.3 Å². The van der Waals surface area contributed by atoms with Crippen LogP contribution in [0.4, 0.5) is 0 Å². The molecule has 1 heterocycles. The maximum Gasteiger partial charge on any atom is 0.306 e. The van der Waals surface area contributed by atoms with E-state index in [9.17, 15) is 4.79 Å². The van der Waals surface area contributed by atoms with Crippen molar-refractivity contribution in [3.63, 3.8) is 0 Å². The molecule has 0 bridgehead atoms. The van der Waals surface area contributed by atoms with Gasteiger partial charge in [-0.05, 0) is 0 Å². The predicted molar refractivity (Wildman–Crippen MR) is 32.7 cm³/mol. The summed E-state index contributed by atoms with van der Waals surface area (Å²) in [5.41, 5.74) is 0.324. The fourth-order valence-electron chi connectivity index (χ4n) is 0.422. The van der Waals surface area contributed by atoms with E-state index < -0.39 is 5.91 Å². The van der Waals surface area contributed by atoms with Gasteiger partial charge in [-0.25, -0.2) is 4.98 Å². The van der Waals surface area contributed by atoms with Crippen molar-refractivity contribution in [3.05, 3.63) is 18.2 Å². The number of carbonyl (C=O) groups excluding carboxylic acids is 1. The number of H-pyrrole nitrogens is 1. The molecule has 0 spiro atoms.